The average Bonchev–Trinajstić information content (AvgIpc) is 3.11. The van der Waals surface area contributed by atoms with Crippen LogP contribution in [0, 0.1) is 0 Å². The molecule has 1 aromatic heterocycles. The highest BCUT2D eigenvalue weighted by molar-refractivity contribution is 6.31. The molecule has 3 aromatic carbocycles. The van der Waals surface area contributed by atoms with Gasteiger partial charge in [0.05, 0.1) is 11.3 Å². The molecule has 3 N–H and O–H groups in total. The van der Waals surface area contributed by atoms with Crippen LogP contribution >= 0.6 is 11.6 Å². The molecule has 29 heavy (non-hydrogen) atoms. The standard InChI is InChI=1S/C24H17ClN2O2/c25-18-13-7-12-17(14-18)22(28)20-19(15-8-3-1-4-9-15)21(27-24(20)26)23(29)16-10-5-2-6-11-16/h1-14,27H,26H2. The average molecular weight is 401 g/mol. The Bertz CT molecular complexity index is 1200. The van der Waals surface area contributed by atoms with E-state index in [-0.39, 0.29) is 28.6 Å². The number of aromatic nitrogens is 1. The lowest BCUT2D eigenvalue weighted by Gasteiger charge is -2.08. The van der Waals surface area contributed by atoms with E-state index in [4.69, 9.17) is 17.3 Å². The number of H-pyrrole nitrogens is 1. The first kappa shape index (κ1) is 18.7. The number of halogens is 1. The van der Waals surface area contributed by atoms with Crippen LogP contribution in [-0.4, -0.2) is 16.6 Å². The summed E-state index contributed by atoms with van der Waals surface area (Å²) >= 11 is 6.06. The Morgan fingerprint density at radius 2 is 1.38 bits per heavy atom. The number of hydrogen-bond donors (Lipinski definition) is 2. The number of benzene rings is 3. The molecule has 0 saturated heterocycles. The van der Waals surface area contributed by atoms with Gasteiger partial charge in [-0.3, -0.25) is 9.59 Å². The first-order chi connectivity index (χ1) is 14.1. The second-order valence-electron chi connectivity index (χ2n) is 6.56. The van der Waals surface area contributed by atoms with Gasteiger partial charge in [0.2, 0.25) is 5.78 Å². The van der Waals surface area contributed by atoms with Crippen molar-refractivity contribution < 1.29 is 9.59 Å². The van der Waals surface area contributed by atoms with Crippen LogP contribution in [0.3, 0.4) is 0 Å². The van der Waals surface area contributed by atoms with Crippen molar-refractivity contribution in [3.8, 4) is 11.1 Å². The van der Waals surface area contributed by atoms with E-state index in [1.165, 1.54) is 0 Å². The molecule has 0 radical (unpaired) electrons. The number of hydrogen-bond acceptors (Lipinski definition) is 3. The Labute approximate surface area is 173 Å². The lowest BCUT2D eigenvalue weighted by molar-refractivity contribution is 0.103. The Hall–Kier alpha value is -3.63. The molecule has 0 aliphatic heterocycles. The fourth-order valence-corrected chi connectivity index (χ4v) is 3.52. The topological polar surface area (TPSA) is 76.0 Å². The fourth-order valence-electron chi connectivity index (χ4n) is 3.33. The molecule has 0 spiro atoms. The summed E-state index contributed by atoms with van der Waals surface area (Å²) in [7, 11) is 0. The van der Waals surface area contributed by atoms with E-state index in [0.29, 0.717) is 21.7 Å². The van der Waals surface area contributed by atoms with E-state index in [1.807, 2.05) is 36.4 Å². The minimum Gasteiger partial charge on any atom is -0.385 e. The summed E-state index contributed by atoms with van der Waals surface area (Å²) in [4.78, 5) is 29.5. The highest BCUT2D eigenvalue weighted by Gasteiger charge is 2.27. The molecule has 1 heterocycles. The molecule has 0 unspecified atom stereocenters. The molecule has 5 heteroatoms. The third-order valence-corrected chi connectivity index (χ3v) is 4.90. The summed E-state index contributed by atoms with van der Waals surface area (Å²) in [6.07, 6.45) is 0. The van der Waals surface area contributed by atoms with Crippen LogP contribution in [0.5, 0.6) is 0 Å². The number of carbonyl (C=O) groups excluding carboxylic acids is 2. The highest BCUT2D eigenvalue weighted by Crippen LogP contribution is 2.35. The van der Waals surface area contributed by atoms with Gasteiger partial charge in [0.1, 0.15) is 5.82 Å². The second kappa shape index (κ2) is 7.78. The van der Waals surface area contributed by atoms with Crippen molar-refractivity contribution >= 4 is 29.0 Å². The monoisotopic (exact) mass is 400 g/mol. The highest BCUT2D eigenvalue weighted by atomic mass is 35.5. The molecular formula is C24H17ClN2O2. The molecule has 4 rings (SSSR count). The molecule has 0 bridgehead atoms. The van der Waals surface area contributed by atoms with E-state index in [1.54, 1.807) is 48.5 Å². The maximum Gasteiger partial charge on any atom is 0.209 e. The first-order valence-electron chi connectivity index (χ1n) is 9.03. The Morgan fingerprint density at radius 3 is 2.03 bits per heavy atom. The first-order valence-corrected chi connectivity index (χ1v) is 9.41. The van der Waals surface area contributed by atoms with Crippen LogP contribution in [0.2, 0.25) is 5.02 Å². The van der Waals surface area contributed by atoms with Crippen LogP contribution in [0.15, 0.2) is 84.9 Å². The largest absolute Gasteiger partial charge is 0.385 e. The molecule has 4 aromatic rings. The quantitative estimate of drug-likeness (QED) is 0.441. The van der Waals surface area contributed by atoms with Crippen molar-refractivity contribution in [3.05, 3.63) is 112 Å². The maximum atomic E-state index is 13.3. The van der Waals surface area contributed by atoms with Crippen molar-refractivity contribution in [2.75, 3.05) is 5.73 Å². The Balaban J connectivity index is 1.93. The van der Waals surface area contributed by atoms with E-state index in [2.05, 4.69) is 4.98 Å². The number of ketones is 2. The minimum absolute atomic E-state index is 0.146. The van der Waals surface area contributed by atoms with Crippen molar-refractivity contribution in [2.45, 2.75) is 0 Å². The van der Waals surface area contributed by atoms with Gasteiger partial charge < -0.3 is 10.7 Å². The van der Waals surface area contributed by atoms with Crippen molar-refractivity contribution in [3.63, 3.8) is 0 Å². The predicted octanol–water partition coefficient (Wildman–Crippen LogP) is 5.38. The number of nitrogen functional groups attached to an aromatic ring is 1. The van der Waals surface area contributed by atoms with Crippen LogP contribution in [-0.2, 0) is 0 Å². The number of anilines is 1. The van der Waals surface area contributed by atoms with E-state index in [9.17, 15) is 9.59 Å². The van der Waals surface area contributed by atoms with Crippen molar-refractivity contribution in [1.29, 1.82) is 0 Å². The predicted molar refractivity (Wildman–Crippen MR) is 115 cm³/mol. The van der Waals surface area contributed by atoms with E-state index in [0.717, 1.165) is 5.56 Å². The molecule has 0 atom stereocenters. The number of rotatable bonds is 5. The van der Waals surface area contributed by atoms with Gasteiger partial charge in [-0.15, -0.1) is 0 Å². The van der Waals surface area contributed by atoms with Gasteiger partial charge in [0, 0.05) is 21.7 Å². The molecule has 142 valence electrons. The van der Waals surface area contributed by atoms with Gasteiger partial charge in [-0.1, -0.05) is 84.4 Å². The van der Waals surface area contributed by atoms with Crippen LogP contribution in [0.1, 0.15) is 32.0 Å². The van der Waals surface area contributed by atoms with Crippen LogP contribution in [0.25, 0.3) is 11.1 Å². The molecule has 0 saturated carbocycles. The summed E-state index contributed by atoms with van der Waals surface area (Å²) < 4.78 is 0. The van der Waals surface area contributed by atoms with Crippen molar-refractivity contribution in [2.24, 2.45) is 0 Å². The van der Waals surface area contributed by atoms with Gasteiger partial charge in [0.15, 0.2) is 5.78 Å². The third-order valence-electron chi connectivity index (χ3n) is 4.67. The van der Waals surface area contributed by atoms with Crippen molar-refractivity contribution in [1.82, 2.24) is 4.98 Å². The molecular weight excluding hydrogens is 384 g/mol. The third kappa shape index (κ3) is 3.58. The van der Waals surface area contributed by atoms with Gasteiger partial charge >= 0.3 is 0 Å². The molecule has 0 aliphatic rings. The van der Waals surface area contributed by atoms with Crippen LogP contribution in [0.4, 0.5) is 5.82 Å². The zero-order valence-corrected chi connectivity index (χ0v) is 16.1. The van der Waals surface area contributed by atoms with E-state index < -0.39 is 0 Å². The van der Waals surface area contributed by atoms with Gasteiger partial charge in [-0.25, -0.2) is 0 Å². The fraction of sp³-hybridized carbons (Fsp3) is 0. The molecule has 0 amide bonds. The molecule has 0 fully saturated rings. The summed E-state index contributed by atoms with van der Waals surface area (Å²) in [5.41, 5.74) is 8.88. The number of carbonyl (C=O) groups is 2. The van der Waals surface area contributed by atoms with E-state index >= 15 is 0 Å². The Morgan fingerprint density at radius 1 is 0.759 bits per heavy atom. The summed E-state index contributed by atoms with van der Waals surface area (Å²) in [5.74, 6) is -0.387. The number of nitrogens with one attached hydrogen (secondary N) is 1. The SMILES string of the molecule is Nc1[nH]c(C(=O)c2ccccc2)c(-c2ccccc2)c1C(=O)c1cccc(Cl)c1. The zero-order valence-electron chi connectivity index (χ0n) is 15.4. The zero-order chi connectivity index (χ0) is 20.4. The lowest BCUT2D eigenvalue weighted by Crippen LogP contribution is -2.06. The second-order valence-corrected chi connectivity index (χ2v) is 7.00. The smallest absolute Gasteiger partial charge is 0.209 e. The maximum absolute atomic E-state index is 13.3. The Kier molecular flexibility index (Phi) is 5.02. The summed E-state index contributed by atoms with van der Waals surface area (Å²) in [5, 5.41) is 0.451. The summed E-state index contributed by atoms with van der Waals surface area (Å²) in [6, 6.07) is 24.8. The minimum atomic E-state index is -0.299. The van der Waals surface area contributed by atoms with Gasteiger partial charge in [-0.2, -0.15) is 0 Å². The number of aromatic amines is 1. The normalized spacial score (nSPS) is 10.7. The molecule has 0 aliphatic carbocycles. The summed E-state index contributed by atoms with van der Waals surface area (Å²) in [6.45, 7) is 0. The van der Waals surface area contributed by atoms with Crippen LogP contribution < -0.4 is 5.73 Å². The number of nitrogens with two attached hydrogens (primary N) is 1. The molecule has 4 nitrogen and oxygen atoms in total. The van der Waals surface area contributed by atoms with Gasteiger partial charge in [-0.05, 0) is 17.7 Å². The van der Waals surface area contributed by atoms with Gasteiger partial charge in [0.25, 0.3) is 0 Å². The lowest BCUT2D eigenvalue weighted by atomic mass is 9.93.